The second-order valence-corrected chi connectivity index (χ2v) is 6.12. The van der Waals surface area contributed by atoms with Crippen LogP contribution < -0.4 is 10.6 Å². The molecule has 1 aromatic carbocycles. The van der Waals surface area contributed by atoms with E-state index in [9.17, 15) is 9.18 Å². The lowest BCUT2D eigenvalue weighted by molar-refractivity contribution is 0.0906. The van der Waals surface area contributed by atoms with Crippen molar-refractivity contribution in [2.75, 3.05) is 26.3 Å². The average molecular weight is 322 g/mol. The molecule has 2 N–H and O–H groups in total. The van der Waals surface area contributed by atoms with E-state index in [1.807, 2.05) is 0 Å². The van der Waals surface area contributed by atoms with Crippen molar-refractivity contribution < 1.29 is 18.7 Å². The molecule has 2 saturated heterocycles. The Hall–Kier alpha value is -1.66. The molecule has 2 fully saturated rings. The molecule has 2 amide bonds. The van der Waals surface area contributed by atoms with Crippen molar-refractivity contribution in [1.29, 1.82) is 0 Å². The summed E-state index contributed by atoms with van der Waals surface area (Å²) < 4.78 is 24.2. The van der Waals surface area contributed by atoms with Gasteiger partial charge in [-0.1, -0.05) is 12.1 Å². The number of carbonyl (C=O) groups excluding carboxylic acids is 1. The van der Waals surface area contributed by atoms with Crippen LogP contribution >= 0.6 is 0 Å². The van der Waals surface area contributed by atoms with Crippen molar-refractivity contribution in [2.45, 2.75) is 31.5 Å². The maximum atomic E-state index is 13.0. The number of hydrogen-bond acceptors (Lipinski definition) is 3. The molecule has 5 nitrogen and oxygen atoms in total. The molecule has 0 spiro atoms. The summed E-state index contributed by atoms with van der Waals surface area (Å²) in [6.07, 6.45) is 3.00. The minimum absolute atomic E-state index is 0.0888. The number of amides is 2. The normalized spacial score (nSPS) is 27.1. The van der Waals surface area contributed by atoms with E-state index < -0.39 is 0 Å². The summed E-state index contributed by atoms with van der Waals surface area (Å²) in [4.78, 5) is 11.9. The molecule has 2 aliphatic rings. The monoisotopic (exact) mass is 322 g/mol. The highest BCUT2D eigenvalue weighted by Crippen LogP contribution is 2.34. The Morgan fingerprint density at radius 2 is 1.87 bits per heavy atom. The number of benzene rings is 1. The molecule has 2 heterocycles. The molecule has 2 aliphatic heterocycles. The molecule has 23 heavy (non-hydrogen) atoms. The van der Waals surface area contributed by atoms with Crippen molar-refractivity contribution >= 4 is 6.03 Å². The summed E-state index contributed by atoms with van der Waals surface area (Å²) in [5, 5.41) is 5.75. The van der Waals surface area contributed by atoms with E-state index in [2.05, 4.69) is 10.6 Å². The minimum Gasteiger partial charge on any atom is -0.376 e. The van der Waals surface area contributed by atoms with E-state index in [4.69, 9.17) is 9.47 Å². The maximum absolute atomic E-state index is 13.0. The predicted octanol–water partition coefficient (Wildman–Crippen LogP) is 2.38. The highest BCUT2D eigenvalue weighted by Gasteiger charge is 2.30. The second-order valence-electron chi connectivity index (χ2n) is 6.12. The molecule has 3 rings (SSSR count). The fourth-order valence-corrected chi connectivity index (χ4v) is 3.16. The second kappa shape index (κ2) is 7.75. The van der Waals surface area contributed by atoms with Gasteiger partial charge in [-0.05, 0) is 37.0 Å². The van der Waals surface area contributed by atoms with Gasteiger partial charge in [0.2, 0.25) is 0 Å². The third-order valence-corrected chi connectivity index (χ3v) is 4.45. The van der Waals surface area contributed by atoms with Crippen LogP contribution in [0.5, 0.6) is 0 Å². The Morgan fingerprint density at radius 1 is 1.09 bits per heavy atom. The van der Waals surface area contributed by atoms with Crippen molar-refractivity contribution in [3.63, 3.8) is 0 Å². The number of nitrogens with one attached hydrogen (secondary N) is 2. The summed E-state index contributed by atoms with van der Waals surface area (Å²) in [5.74, 6) is -0.0520. The molecule has 3 atom stereocenters. The number of ether oxygens (including phenoxy) is 2. The van der Waals surface area contributed by atoms with Gasteiger partial charge in [-0.25, -0.2) is 9.18 Å². The van der Waals surface area contributed by atoms with Crippen LogP contribution in [0.2, 0.25) is 0 Å². The molecule has 0 radical (unpaired) electrons. The standard InChI is InChI=1S/C17H23FN2O3/c18-14-5-3-12(4-6-14)16-13(7-9-23-16)10-19-17(21)20-11-15-2-1-8-22-15/h3-6,13,15-16H,1-2,7-11H2,(H2,19,20,21)/t13-,15-,16-/m0/s1. The van der Waals surface area contributed by atoms with E-state index in [0.29, 0.717) is 19.7 Å². The quantitative estimate of drug-likeness (QED) is 0.875. The van der Waals surface area contributed by atoms with Crippen LogP contribution in [0, 0.1) is 11.7 Å². The molecule has 0 saturated carbocycles. The third-order valence-electron chi connectivity index (χ3n) is 4.45. The summed E-state index contributed by atoms with van der Waals surface area (Å²) in [6.45, 7) is 2.53. The molecule has 0 unspecified atom stereocenters. The van der Waals surface area contributed by atoms with Crippen molar-refractivity contribution in [3.8, 4) is 0 Å². The minimum atomic E-state index is -0.255. The van der Waals surface area contributed by atoms with E-state index in [0.717, 1.165) is 31.4 Å². The lowest BCUT2D eigenvalue weighted by Crippen LogP contribution is -2.41. The number of hydrogen-bond donors (Lipinski definition) is 2. The van der Waals surface area contributed by atoms with E-state index >= 15 is 0 Å². The summed E-state index contributed by atoms with van der Waals surface area (Å²) in [6, 6.07) is 6.20. The lowest BCUT2D eigenvalue weighted by atomic mass is 9.95. The highest BCUT2D eigenvalue weighted by molar-refractivity contribution is 5.73. The molecule has 0 bridgehead atoms. The Kier molecular flexibility index (Phi) is 5.46. The van der Waals surface area contributed by atoms with Crippen molar-refractivity contribution in [1.82, 2.24) is 10.6 Å². The van der Waals surface area contributed by atoms with E-state index in [-0.39, 0.29) is 30.0 Å². The van der Waals surface area contributed by atoms with Crippen molar-refractivity contribution in [3.05, 3.63) is 35.6 Å². The molecule has 6 heteroatoms. The van der Waals surface area contributed by atoms with Gasteiger partial charge in [0, 0.05) is 32.2 Å². The largest absolute Gasteiger partial charge is 0.376 e. The van der Waals surface area contributed by atoms with E-state index in [1.54, 1.807) is 12.1 Å². The van der Waals surface area contributed by atoms with Crippen LogP contribution in [-0.4, -0.2) is 38.4 Å². The molecular formula is C17H23FN2O3. The molecule has 0 aromatic heterocycles. The van der Waals surface area contributed by atoms with Gasteiger partial charge >= 0.3 is 6.03 Å². The van der Waals surface area contributed by atoms with E-state index in [1.165, 1.54) is 12.1 Å². The smallest absolute Gasteiger partial charge is 0.314 e. The van der Waals surface area contributed by atoms with Gasteiger partial charge in [0.25, 0.3) is 0 Å². The Labute approximate surface area is 135 Å². The van der Waals surface area contributed by atoms with Gasteiger partial charge in [-0.15, -0.1) is 0 Å². The van der Waals surface area contributed by atoms with Gasteiger partial charge in [-0.2, -0.15) is 0 Å². The number of carbonyl (C=O) groups is 1. The van der Waals surface area contributed by atoms with Crippen LogP contribution in [0.15, 0.2) is 24.3 Å². The van der Waals surface area contributed by atoms with Gasteiger partial charge in [0.15, 0.2) is 0 Å². The first-order chi connectivity index (χ1) is 11.2. The van der Waals surface area contributed by atoms with Gasteiger partial charge in [0.1, 0.15) is 5.82 Å². The first kappa shape index (κ1) is 16.2. The Bertz CT molecular complexity index is 517. The highest BCUT2D eigenvalue weighted by atomic mass is 19.1. The van der Waals surface area contributed by atoms with Crippen molar-refractivity contribution in [2.24, 2.45) is 5.92 Å². The first-order valence-corrected chi connectivity index (χ1v) is 8.23. The molecular weight excluding hydrogens is 299 g/mol. The molecule has 0 aliphatic carbocycles. The molecule has 126 valence electrons. The van der Waals surface area contributed by atoms with Crippen LogP contribution in [0.1, 0.15) is 30.9 Å². The number of rotatable bonds is 5. The predicted molar refractivity (Wildman–Crippen MR) is 83.6 cm³/mol. The maximum Gasteiger partial charge on any atom is 0.314 e. The van der Waals surface area contributed by atoms with Gasteiger partial charge in [0.05, 0.1) is 12.2 Å². The average Bonchev–Trinajstić information content (AvgIpc) is 3.23. The van der Waals surface area contributed by atoms with Crippen LogP contribution in [0.3, 0.4) is 0 Å². The Morgan fingerprint density at radius 3 is 2.61 bits per heavy atom. The van der Waals surface area contributed by atoms with Gasteiger partial charge in [-0.3, -0.25) is 0 Å². The molecule has 1 aromatic rings. The summed E-state index contributed by atoms with van der Waals surface area (Å²) >= 11 is 0. The topological polar surface area (TPSA) is 59.6 Å². The summed E-state index contributed by atoms with van der Waals surface area (Å²) in [7, 11) is 0. The van der Waals surface area contributed by atoms with Crippen LogP contribution in [0.25, 0.3) is 0 Å². The summed E-state index contributed by atoms with van der Waals surface area (Å²) in [5.41, 5.74) is 0.954. The fourth-order valence-electron chi connectivity index (χ4n) is 3.16. The SMILES string of the molecule is O=C(NC[C@@H]1CCCO1)NC[C@@H]1CCO[C@H]1c1ccc(F)cc1. The first-order valence-electron chi connectivity index (χ1n) is 8.23. The zero-order valence-electron chi connectivity index (χ0n) is 13.1. The fraction of sp³-hybridized carbons (Fsp3) is 0.588. The van der Waals surface area contributed by atoms with Crippen LogP contribution in [0.4, 0.5) is 9.18 Å². The number of urea groups is 1. The third kappa shape index (κ3) is 4.42. The number of halogens is 1. The lowest BCUT2D eigenvalue weighted by Gasteiger charge is -2.20. The Balaban J connectivity index is 1.44. The zero-order chi connectivity index (χ0) is 16.1. The zero-order valence-corrected chi connectivity index (χ0v) is 13.1. The van der Waals surface area contributed by atoms with Crippen LogP contribution in [-0.2, 0) is 9.47 Å². The van der Waals surface area contributed by atoms with Gasteiger partial charge < -0.3 is 20.1 Å².